The van der Waals surface area contributed by atoms with Gasteiger partial charge in [0.1, 0.15) is 5.82 Å². The summed E-state index contributed by atoms with van der Waals surface area (Å²) in [5, 5.41) is 3.39. The van der Waals surface area contributed by atoms with Crippen molar-refractivity contribution in [1.82, 2.24) is 10.3 Å². The molecule has 0 aliphatic rings. The minimum atomic E-state index is -0.171. The number of aryl methyl sites for hydroxylation is 3. The summed E-state index contributed by atoms with van der Waals surface area (Å²) in [7, 11) is 0. The third-order valence-electron chi connectivity index (χ3n) is 3.47. The van der Waals surface area contributed by atoms with E-state index in [0.29, 0.717) is 5.56 Å². The van der Waals surface area contributed by atoms with Crippen LogP contribution in [0.2, 0.25) is 0 Å². The zero-order chi connectivity index (χ0) is 14.7. The molecule has 0 bridgehead atoms. The van der Waals surface area contributed by atoms with Gasteiger partial charge in [-0.15, -0.1) is 0 Å². The summed E-state index contributed by atoms with van der Waals surface area (Å²) in [4.78, 5) is 4.54. The Morgan fingerprint density at radius 1 is 1.15 bits per heavy atom. The van der Waals surface area contributed by atoms with Crippen LogP contribution in [0.5, 0.6) is 0 Å². The standard InChI is InChI=1S/C17H21FN2/c1-5-19-17(14-7-6-12(3)15(18)9-14)16-13(4)8-11(2)10-20-16/h6-10,17,19H,5H2,1-4H3. The number of aromatic nitrogens is 1. The Labute approximate surface area is 120 Å². The Hall–Kier alpha value is -1.74. The van der Waals surface area contributed by atoms with Gasteiger partial charge in [-0.1, -0.05) is 25.1 Å². The molecule has 0 aliphatic carbocycles. The monoisotopic (exact) mass is 272 g/mol. The summed E-state index contributed by atoms with van der Waals surface area (Å²) in [5.74, 6) is -0.171. The van der Waals surface area contributed by atoms with E-state index in [-0.39, 0.29) is 11.9 Å². The van der Waals surface area contributed by atoms with Crippen LogP contribution in [0.3, 0.4) is 0 Å². The highest BCUT2D eigenvalue weighted by Gasteiger charge is 2.17. The summed E-state index contributed by atoms with van der Waals surface area (Å²) in [6, 6.07) is 7.42. The van der Waals surface area contributed by atoms with Crippen LogP contribution in [-0.2, 0) is 0 Å². The third kappa shape index (κ3) is 3.05. The van der Waals surface area contributed by atoms with Crippen LogP contribution in [0.4, 0.5) is 4.39 Å². The molecule has 0 saturated carbocycles. The summed E-state index contributed by atoms with van der Waals surface area (Å²) >= 11 is 0. The van der Waals surface area contributed by atoms with Crippen LogP contribution in [0, 0.1) is 26.6 Å². The molecule has 1 atom stereocenters. The van der Waals surface area contributed by atoms with Crippen molar-refractivity contribution in [2.24, 2.45) is 0 Å². The smallest absolute Gasteiger partial charge is 0.126 e. The molecule has 0 radical (unpaired) electrons. The van der Waals surface area contributed by atoms with E-state index in [9.17, 15) is 4.39 Å². The van der Waals surface area contributed by atoms with Crippen LogP contribution >= 0.6 is 0 Å². The van der Waals surface area contributed by atoms with Gasteiger partial charge in [0.15, 0.2) is 0 Å². The molecule has 1 aromatic carbocycles. The van der Waals surface area contributed by atoms with Crippen LogP contribution in [0.25, 0.3) is 0 Å². The maximum Gasteiger partial charge on any atom is 0.126 e. The van der Waals surface area contributed by atoms with Crippen LogP contribution < -0.4 is 5.32 Å². The SMILES string of the molecule is CCNC(c1ccc(C)c(F)c1)c1ncc(C)cc1C. The van der Waals surface area contributed by atoms with Gasteiger partial charge in [0.2, 0.25) is 0 Å². The first kappa shape index (κ1) is 14.7. The van der Waals surface area contributed by atoms with E-state index >= 15 is 0 Å². The minimum absolute atomic E-state index is 0.0734. The average Bonchev–Trinajstić information content (AvgIpc) is 2.40. The quantitative estimate of drug-likeness (QED) is 0.914. The number of benzene rings is 1. The second kappa shape index (κ2) is 6.14. The highest BCUT2D eigenvalue weighted by molar-refractivity contribution is 5.35. The molecule has 2 nitrogen and oxygen atoms in total. The molecule has 106 valence electrons. The van der Waals surface area contributed by atoms with Crippen molar-refractivity contribution in [3.05, 3.63) is 64.2 Å². The zero-order valence-corrected chi connectivity index (χ0v) is 12.5. The lowest BCUT2D eigenvalue weighted by atomic mass is 9.98. The average molecular weight is 272 g/mol. The third-order valence-corrected chi connectivity index (χ3v) is 3.47. The van der Waals surface area contributed by atoms with Gasteiger partial charge < -0.3 is 5.32 Å². The molecule has 1 N–H and O–H groups in total. The highest BCUT2D eigenvalue weighted by atomic mass is 19.1. The number of rotatable bonds is 4. The van der Waals surface area contributed by atoms with Crippen LogP contribution in [-0.4, -0.2) is 11.5 Å². The lowest BCUT2D eigenvalue weighted by molar-refractivity contribution is 0.589. The molecule has 0 fully saturated rings. The predicted molar refractivity (Wildman–Crippen MR) is 80.4 cm³/mol. The van der Waals surface area contributed by atoms with Crippen molar-refractivity contribution >= 4 is 0 Å². The van der Waals surface area contributed by atoms with Gasteiger partial charge in [0.25, 0.3) is 0 Å². The molecule has 1 heterocycles. The predicted octanol–water partition coefficient (Wildman–Crippen LogP) is 3.84. The van der Waals surface area contributed by atoms with Gasteiger partial charge >= 0.3 is 0 Å². The van der Waals surface area contributed by atoms with Gasteiger partial charge in [-0.25, -0.2) is 4.39 Å². The topological polar surface area (TPSA) is 24.9 Å². The van der Waals surface area contributed by atoms with Crippen LogP contribution in [0.15, 0.2) is 30.5 Å². The van der Waals surface area contributed by atoms with Gasteiger partial charge in [-0.2, -0.15) is 0 Å². The van der Waals surface area contributed by atoms with Crippen LogP contribution in [0.1, 0.15) is 40.9 Å². The van der Waals surface area contributed by atoms with E-state index in [1.165, 1.54) is 0 Å². The molecular weight excluding hydrogens is 251 g/mol. The number of pyridine rings is 1. The maximum atomic E-state index is 13.8. The molecule has 0 spiro atoms. The Morgan fingerprint density at radius 3 is 2.50 bits per heavy atom. The fourth-order valence-electron chi connectivity index (χ4n) is 2.39. The van der Waals surface area contributed by atoms with E-state index in [0.717, 1.165) is 28.9 Å². The fourth-order valence-corrected chi connectivity index (χ4v) is 2.39. The van der Waals surface area contributed by atoms with E-state index in [2.05, 4.69) is 16.4 Å². The first-order valence-corrected chi connectivity index (χ1v) is 6.95. The van der Waals surface area contributed by atoms with Gasteiger partial charge in [-0.05, 0) is 55.6 Å². The number of nitrogens with one attached hydrogen (secondary N) is 1. The minimum Gasteiger partial charge on any atom is -0.305 e. The summed E-state index contributed by atoms with van der Waals surface area (Å²) < 4.78 is 13.8. The lowest BCUT2D eigenvalue weighted by Crippen LogP contribution is -2.24. The molecule has 20 heavy (non-hydrogen) atoms. The van der Waals surface area contributed by atoms with Gasteiger partial charge in [0.05, 0.1) is 11.7 Å². The fraction of sp³-hybridized carbons (Fsp3) is 0.353. The van der Waals surface area contributed by atoms with Crippen molar-refractivity contribution in [2.45, 2.75) is 33.7 Å². The largest absolute Gasteiger partial charge is 0.305 e. The summed E-state index contributed by atoms with van der Waals surface area (Å²) in [5.41, 5.74) is 4.79. The number of hydrogen-bond acceptors (Lipinski definition) is 2. The molecule has 0 aliphatic heterocycles. The Morgan fingerprint density at radius 2 is 1.90 bits per heavy atom. The van der Waals surface area contributed by atoms with E-state index in [1.807, 2.05) is 39.1 Å². The van der Waals surface area contributed by atoms with E-state index in [4.69, 9.17) is 0 Å². The molecule has 3 heteroatoms. The Kier molecular flexibility index (Phi) is 4.50. The van der Waals surface area contributed by atoms with Crippen molar-refractivity contribution in [1.29, 1.82) is 0 Å². The molecule has 0 amide bonds. The maximum absolute atomic E-state index is 13.8. The highest BCUT2D eigenvalue weighted by Crippen LogP contribution is 2.25. The lowest BCUT2D eigenvalue weighted by Gasteiger charge is -2.20. The molecule has 1 aromatic heterocycles. The number of hydrogen-bond donors (Lipinski definition) is 1. The molecule has 2 rings (SSSR count). The second-order valence-electron chi connectivity index (χ2n) is 5.21. The first-order valence-electron chi connectivity index (χ1n) is 6.95. The van der Waals surface area contributed by atoms with Crippen molar-refractivity contribution in [2.75, 3.05) is 6.54 Å². The summed E-state index contributed by atoms with van der Waals surface area (Å²) in [6.45, 7) is 8.69. The van der Waals surface area contributed by atoms with E-state index < -0.39 is 0 Å². The second-order valence-corrected chi connectivity index (χ2v) is 5.21. The van der Waals surface area contributed by atoms with Crippen molar-refractivity contribution < 1.29 is 4.39 Å². The normalized spacial score (nSPS) is 12.4. The molecule has 0 saturated heterocycles. The number of nitrogens with zero attached hydrogens (tertiary/aromatic N) is 1. The Bertz CT molecular complexity index is 608. The van der Waals surface area contributed by atoms with Crippen molar-refractivity contribution in [3.8, 4) is 0 Å². The van der Waals surface area contributed by atoms with E-state index in [1.54, 1.807) is 13.0 Å². The van der Waals surface area contributed by atoms with Crippen molar-refractivity contribution in [3.63, 3.8) is 0 Å². The molecule has 2 aromatic rings. The van der Waals surface area contributed by atoms with Gasteiger partial charge in [-0.3, -0.25) is 4.98 Å². The van der Waals surface area contributed by atoms with Gasteiger partial charge in [0, 0.05) is 6.20 Å². The molecule has 1 unspecified atom stereocenters. The molecular formula is C17H21FN2. The summed E-state index contributed by atoms with van der Waals surface area (Å²) in [6.07, 6.45) is 1.86. The zero-order valence-electron chi connectivity index (χ0n) is 12.5. The Balaban J connectivity index is 2.47. The number of halogens is 1. The first-order chi connectivity index (χ1) is 9.52.